The van der Waals surface area contributed by atoms with Gasteiger partial charge in [0.1, 0.15) is 5.60 Å². The van der Waals surface area contributed by atoms with E-state index in [4.69, 9.17) is 14.2 Å². The molecular formula is C23H44N4O4. The number of nitrogens with zero attached hydrogens (tertiary/aromatic N) is 2. The lowest BCUT2D eigenvalue weighted by molar-refractivity contribution is 0.0162. The fourth-order valence-corrected chi connectivity index (χ4v) is 3.85. The van der Waals surface area contributed by atoms with Crippen LogP contribution in [0.5, 0.6) is 0 Å². The first-order valence-electron chi connectivity index (χ1n) is 12.0. The third-order valence-electron chi connectivity index (χ3n) is 5.45. The summed E-state index contributed by atoms with van der Waals surface area (Å²) in [6, 6.07) is 0. The molecule has 8 nitrogen and oxygen atoms in total. The second kappa shape index (κ2) is 13.8. The van der Waals surface area contributed by atoms with E-state index in [0.717, 1.165) is 97.2 Å². The maximum atomic E-state index is 12.3. The predicted octanol–water partition coefficient (Wildman–Crippen LogP) is 3.02. The van der Waals surface area contributed by atoms with E-state index in [1.54, 1.807) is 0 Å². The Morgan fingerprint density at radius 1 is 1.23 bits per heavy atom. The SMILES string of the molecule is CCNC(=NCCCOCC1CCOC1)NCCC1CCCN(C(=O)OC(C)(C)C)C1. The molecule has 0 aromatic rings. The van der Waals surface area contributed by atoms with Gasteiger partial charge in [0, 0.05) is 51.9 Å². The Balaban J connectivity index is 1.62. The smallest absolute Gasteiger partial charge is 0.410 e. The van der Waals surface area contributed by atoms with Gasteiger partial charge in [-0.1, -0.05) is 0 Å². The van der Waals surface area contributed by atoms with Crippen LogP contribution in [0.2, 0.25) is 0 Å². The lowest BCUT2D eigenvalue weighted by atomic mass is 9.95. The summed E-state index contributed by atoms with van der Waals surface area (Å²) in [5.74, 6) is 1.91. The summed E-state index contributed by atoms with van der Waals surface area (Å²) in [5, 5.41) is 6.74. The standard InChI is InChI=1S/C23H44N4O4/c1-5-24-21(25-11-7-14-29-17-20-10-15-30-18-20)26-12-9-19-8-6-13-27(16-19)22(28)31-23(2,3)4/h19-20H,5-18H2,1-4H3,(H2,24,25,26). The number of ether oxygens (including phenoxy) is 3. The highest BCUT2D eigenvalue weighted by Gasteiger charge is 2.27. The third-order valence-corrected chi connectivity index (χ3v) is 5.45. The zero-order chi connectivity index (χ0) is 22.5. The first-order chi connectivity index (χ1) is 14.9. The fraction of sp³-hybridized carbons (Fsp3) is 0.913. The molecule has 0 saturated carbocycles. The monoisotopic (exact) mass is 440 g/mol. The molecule has 2 saturated heterocycles. The van der Waals surface area contributed by atoms with Crippen molar-refractivity contribution in [1.29, 1.82) is 0 Å². The van der Waals surface area contributed by atoms with Crippen LogP contribution in [-0.2, 0) is 14.2 Å². The van der Waals surface area contributed by atoms with E-state index < -0.39 is 5.60 Å². The molecule has 31 heavy (non-hydrogen) atoms. The van der Waals surface area contributed by atoms with Crippen molar-refractivity contribution >= 4 is 12.1 Å². The quantitative estimate of drug-likeness (QED) is 0.309. The van der Waals surface area contributed by atoms with Crippen LogP contribution in [0.3, 0.4) is 0 Å². The van der Waals surface area contributed by atoms with Gasteiger partial charge in [0.05, 0.1) is 13.2 Å². The highest BCUT2D eigenvalue weighted by Crippen LogP contribution is 2.21. The minimum absolute atomic E-state index is 0.192. The van der Waals surface area contributed by atoms with Crippen LogP contribution in [0.4, 0.5) is 4.79 Å². The number of carbonyl (C=O) groups is 1. The molecule has 0 radical (unpaired) electrons. The highest BCUT2D eigenvalue weighted by atomic mass is 16.6. The van der Waals surface area contributed by atoms with Gasteiger partial charge in [-0.2, -0.15) is 0 Å². The van der Waals surface area contributed by atoms with Crippen molar-refractivity contribution in [3.63, 3.8) is 0 Å². The second-order valence-electron chi connectivity index (χ2n) is 9.57. The van der Waals surface area contributed by atoms with Crippen molar-refractivity contribution in [3.05, 3.63) is 0 Å². The van der Waals surface area contributed by atoms with Gasteiger partial charge in [-0.25, -0.2) is 4.79 Å². The lowest BCUT2D eigenvalue weighted by Crippen LogP contribution is -2.44. The molecule has 2 heterocycles. The molecule has 2 unspecified atom stereocenters. The van der Waals surface area contributed by atoms with E-state index in [1.165, 1.54) is 0 Å². The number of nitrogens with one attached hydrogen (secondary N) is 2. The summed E-state index contributed by atoms with van der Waals surface area (Å²) in [5.41, 5.74) is -0.446. The summed E-state index contributed by atoms with van der Waals surface area (Å²) in [6.07, 6.45) is 5.03. The molecule has 0 spiro atoms. The summed E-state index contributed by atoms with van der Waals surface area (Å²) in [4.78, 5) is 18.8. The van der Waals surface area contributed by atoms with Gasteiger partial charge in [-0.15, -0.1) is 0 Å². The number of carbonyl (C=O) groups excluding carboxylic acids is 1. The van der Waals surface area contributed by atoms with Crippen LogP contribution in [0, 0.1) is 11.8 Å². The Morgan fingerprint density at radius 3 is 2.77 bits per heavy atom. The molecule has 8 heteroatoms. The molecule has 2 N–H and O–H groups in total. The van der Waals surface area contributed by atoms with Crippen molar-refractivity contribution in [2.45, 2.75) is 65.4 Å². The summed E-state index contributed by atoms with van der Waals surface area (Å²) < 4.78 is 16.6. The van der Waals surface area contributed by atoms with E-state index >= 15 is 0 Å². The lowest BCUT2D eigenvalue weighted by Gasteiger charge is -2.34. The molecule has 2 rings (SSSR count). The molecule has 0 aromatic heterocycles. The van der Waals surface area contributed by atoms with Crippen molar-refractivity contribution in [2.24, 2.45) is 16.8 Å². The highest BCUT2D eigenvalue weighted by molar-refractivity contribution is 5.79. The minimum atomic E-state index is -0.446. The molecule has 180 valence electrons. The maximum Gasteiger partial charge on any atom is 0.410 e. The van der Waals surface area contributed by atoms with Crippen LogP contribution < -0.4 is 10.6 Å². The largest absolute Gasteiger partial charge is 0.444 e. The van der Waals surface area contributed by atoms with Crippen molar-refractivity contribution in [1.82, 2.24) is 15.5 Å². The summed E-state index contributed by atoms with van der Waals surface area (Å²) in [7, 11) is 0. The van der Waals surface area contributed by atoms with Crippen molar-refractivity contribution in [2.75, 3.05) is 59.2 Å². The molecule has 2 fully saturated rings. The van der Waals surface area contributed by atoms with Gasteiger partial charge in [0.15, 0.2) is 5.96 Å². The average molecular weight is 441 g/mol. The Kier molecular flexibility index (Phi) is 11.4. The van der Waals surface area contributed by atoms with Crippen LogP contribution in [0.1, 0.15) is 59.8 Å². The Morgan fingerprint density at radius 2 is 2.06 bits per heavy atom. The summed E-state index contributed by atoms with van der Waals surface area (Å²) >= 11 is 0. The summed E-state index contributed by atoms with van der Waals surface area (Å²) in [6.45, 7) is 15.0. The number of guanidine groups is 1. The van der Waals surface area contributed by atoms with E-state index in [9.17, 15) is 4.79 Å². The second-order valence-corrected chi connectivity index (χ2v) is 9.57. The number of rotatable bonds is 10. The molecule has 0 aliphatic carbocycles. The van der Waals surface area contributed by atoms with Crippen molar-refractivity contribution < 1.29 is 19.0 Å². The van der Waals surface area contributed by atoms with Gasteiger partial charge in [0.2, 0.25) is 0 Å². The number of amides is 1. The van der Waals surface area contributed by atoms with E-state index in [-0.39, 0.29) is 6.09 Å². The van der Waals surface area contributed by atoms with E-state index in [1.807, 2.05) is 25.7 Å². The first-order valence-corrected chi connectivity index (χ1v) is 12.0. The zero-order valence-corrected chi connectivity index (χ0v) is 20.1. The Hall–Kier alpha value is -1.54. The number of hydrogen-bond acceptors (Lipinski definition) is 5. The Bertz CT molecular complexity index is 544. The van der Waals surface area contributed by atoms with E-state index in [0.29, 0.717) is 11.8 Å². The van der Waals surface area contributed by atoms with Gasteiger partial charge >= 0.3 is 6.09 Å². The first kappa shape index (κ1) is 25.7. The number of piperidine rings is 1. The fourth-order valence-electron chi connectivity index (χ4n) is 3.85. The topological polar surface area (TPSA) is 84.4 Å². The maximum absolute atomic E-state index is 12.3. The van der Waals surface area contributed by atoms with Gasteiger partial charge in [-0.3, -0.25) is 4.99 Å². The molecule has 0 aromatic carbocycles. The van der Waals surface area contributed by atoms with Crippen LogP contribution in [0.25, 0.3) is 0 Å². The normalized spacial score (nSPS) is 22.5. The minimum Gasteiger partial charge on any atom is -0.444 e. The molecule has 2 atom stereocenters. The average Bonchev–Trinajstić information content (AvgIpc) is 3.23. The molecule has 2 aliphatic heterocycles. The van der Waals surface area contributed by atoms with Crippen LogP contribution in [-0.4, -0.2) is 81.7 Å². The molecular weight excluding hydrogens is 396 g/mol. The van der Waals surface area contributed by atoms with Gasteiger partial charge < -0.3 is 29.7 Å². The number of aliphatic imine (C=N–C) groups is 1. The molecule has 2 aliphatic rings. The zero-order valence-electron chi connectivity index (χ0n) is 20.1. The number of likely N-dealkylation sites (tertiary alicyclic amines) is 1. The van der Waals surface area contributed by atoms with Crippen LogP contribution in [0.15, 0.2) is 4.99 Å². The third kappa shape index (κ3) is 11.1. The van der Waals surface area contributed by atoms with Gasteiger partial charge in [-0.05, 0) is 65.7 Å². The number of hydrogen-bond donors (Lipinski definition) is 2. The van der Waals surface area contributed by atoms with Crippen LogP contribution >= 0.6 is 0 Å². The molecule has 1 amide bonds. The van der Waals surface area contributed by atoms with E-state index in [2.05, 4.69) is 22.5 Å². The Labute approximate surface area is 188 Å². The van der Waals surface area contributed by atoms with Crippen molar-refractivity contribution in [3.8, 4) is 0 Å². The predicted molar refractivity (Wildman–Crippen MR) is 123 cm³/mol. The molecule has 0 bridgehead atoms. The van der Waals surface area contributed by atoms with Gasteiger partial charge in [0.25, 0.3) is 0 Å².